The maximum Gasteiger partial charge on any atom is 0.172 e. The lowest BCUT2D eigenvalue weighted by atomic mass is 9.75. The summed E-state index contributed by atoms with van der Waals surface area (Å²) >= 11 is 0. The highest BCUT2D eigenvalue weighted by Gasteiger charge is 2.37. The molecule has 4 aromatic rings. The van der Waals surface area contributed by atoms with Crippen LogP contribution < -0.4 is 0 Å². The zero-order chi connectivity index (χ0) is 23.3. The van der Waals surface area contributed by atoms with E-state index in [0.29, 0.717) is 0 Å². The monoisotopic (exact) mass is 448 g/mol. The number of carbonyl (C=O) groups is 1. The van der Waals surface area contributed by atoms with Gasteiger partial charge in [0.2, 0.25) is 0 Å². The smallest absolute Gasteiger partial charge is 0.172 e. The Hall–Kier alpha value is -3.57. The Morgan fingerprint density at radius 3 is 2.56 bits per heavy atom. The molecule has 0 atom stereocenters. The first-order valence-electron chi connectivity index (χ1n) is 12.0. The van der Waals surface area contributed by atoms with Gasteiger partial charge in [-0.05, 0) is 67.9 Å². The highest BCUT2D eigenvalue weighted by Crippen LogP contribution is 2.37. The summed E-state index contributed by atoms with van der Waals surface area (Å²) < 4.78 is 1.82. The van der Waals surface area contributed by atoms with Crippen molar-refractivity contribution in [2.75, 3.05) is 20.1 Å². The van der Waals surface area contributed by atoms with Crippen LogP contribution in [0.15, 0.2) is 73.2 Å². The number of pyridine rings is 2. The van der Waals surface area contributed by atoms with Gasteiger partial charge in [0.15, 0.2) is 5.78 Å². The van der Waals surface area contributed by atoms with Crippen LogP contribution in [0.4, 0.5) is 0 Å². The summed E-state index contributed by atoms with van der Waals surface area (Å²) in [6.45, 7) is 4.02. The third kappa shape index (κ3) is 3.48. The van der Waals surface area contributed by atoms with Gasteiger partial charge in [-0.3, -0.25) is 9.78 Å². The van der Waals surface area contributed by atoms with Gasteiger partial charge in [0.25, 0.3) is 0 Å². The van der Waals surface area contributed by atoms with Crippen LogP contribution in [0.5, 0.6) is 0 Å². The van der Waals surface area contributed by atoms with E-state index >= 15 is 0 Å². The lowest BCUT2D eigenvalue weighted by molar-refractivity contribution is 0.0680. The van der Waals surface area contributed by atoms with Crippen molar-refractivity contribution in [2.45, 2.75) is 26.2 Å². The maximum absolute atomic E-state index is 13.6. The molecule has 3 aromatic heterocycles. The van der Waals surface area contributed by atoms with Crippen LogP contribution in [0.2, 0.25) is 0 Å². The molecule has 1 aromatic carbocycles. The molecular weight excluding hydrogens is 420 g/mol. The summed E-state index contributed by atoms with van der Waals surface area (Å²) in [5.41, 5.74) is 8.08. The molecule has 5 heteroatoms. The third-order valence-electron chi connectivity index (χ3n) is 7.58. The number of Topliss-reactive ketones (excluding diaryl/α,β-unsaturated/α-hetero) is 1. The summed E-state index contributed by atoms with van der Waals surface area (Å²) in [6.07, 6.45) is 10.5. The van der Waals surface area contributed by atoms with Crippen molar-refractivity contribution in [3.05, 3.63) is 95.6 Å². The van der Waals surface area contributed by atoms with E-state index < -0.39 is 0 Å². The number of likely N-dealkylation sites (tertiary alicyclic amines) is 1. The second-order valence-corrected chi connectivity index (χ2v) is 9.90. The van der Waals surface area contributed by atoms with E-state index in [-0.39, 0.29) is 11.2 Å². The Morgan fingerprint density at radius 1 is 0.971 bits per heavy atom. The Balaban J connectivity index is 1.37. The molecule has 1 fully saturated rings. The van der Waals surface area contributed by atoms with Gasteiger partial charge in [-0.2, -0.15) is 5.10 Å². The number of nitrogens with zero attached hydrogens (tertiary/aromatic N) is 4. The second kappa shape index (κ2) is 8.03. The molecule has 0 amide bonds. The summed E-state index contributed by atoms with van der Waals surface area (Å²) in [5, 5.41) is 4.50. The van der Waals surface area contributed by atoms with Crippen molar-refractivity contribution in [3.63, 3.8) is 0 Å². The molecule has 170 valence electrons. The van der Waals surface area contributed by atoms with Crippen LogP contribution in [0.1, 0.15) is 46.9 Å². The second-order valence-electron chi connectivity index (χ2n) is 9.90. The predicted molar refractivity (Wildman–Crippen MR) is 135 cm³/mol. The van der Waals surface area contributed by atoms with E-state index in [0.717, 1.165) is 65.8 Å². The number of hydrogen-bond donors (Lipinski definition) is 0. The van der Waals surface area contributed by atoms with Gasteiger partial charge < -0.3 is 4.90 Å². The molecule has 2 aliphatic rings. The lowest BCUT2D eigenvalue weighted by Gasteiger charge is -2.36. The molecule has 1 aliphatic heterocycles. The number of benzene rings is 1. The minimum absolute atomic E-state index is 0.210. The number of ketones is 1. The summed E-state index contributed by atoms with van der Waals surface area (Å²) in [5.74, 6) is 0.210. The number of allylic oxidation sites excluding steroid dienone is 1. The van der Waals surface area contributed by atoms with E-state index in [4.69, 9.17) is 4.98 Å². The molecule has 1 aliphatic carbocycles. The Bertz CT molecular complexity index is 1430. The Morgan fingerprint density at radius 2 is 1.76 bits per heavy atom. The van der Waals surface area contributed by atoms with E-state index in [1.807, 2.05) is 23.0 Å². The van der Waals surface area contributed by atoms with Crippen molar-refractivity contribution in [3.8, 4) is 11.1 Å². The lowest BCUT2D eigenvalue weighted by Crippen LogP contribution is -2.41. The van der Waals surface area contributed by atoms with Gasteiger partial charge in [-0.15, -0.1) is 0 Å². The van der Waals surface area contributed by atoms with E-state index in [1.54, 1.807) is 6.20 Å². The third-order valence-corrected chi connectivity index (χ3v) is 7.58. The molecule has 6 rings (SSSR count). The van der Waals surface area contributed by atoms with Crippen LogP contribution in [-0.4, -0.2) is 45.4 Å². The Labute approximate surface area is 199 Å². The van der Waals surface area contributed by atoms with Gasteiger partial charge >= 0.3 is 0 Å². The Kier molecular flexibility index (Phi) is 4.96. The van der Waals surface area contributed by atoms with E-state index in [2.05, 4.69) is 72.5 Å². The fraction of sp³-hybridized carbons (Fsp3) is 0.276. The largest absolute Gasteiger partial charge is 0.306 e. The first kappa shape index (κ1) is 21.0. The van der Waals surface area contributed by atoms with Crippen molar-refractivity contribution in [2.24, 2.45) is 5.41 Å². The van der Waals surface area contributed by atoms with Gasteiger partial charge in [0.05, 0.1) is 23.0 Å². The summed E-state index contributed by atoms with van der Waals surface area (Å²) in [7, 11) is 2.12. The first-order chi connectivity index (χ1) is 16.5. The topological polar surface area (TPSA) is 50.5 Å². The normalized spacial score (nSPS) is 17.5. The predicted octanol–water partition coefficient (Wildman–Crippen LogP) is 5.30. The van der Waals surface area contributed by atoms with Crippen LogP contribution in [0, 0.1) is 5.41 Å². The number of aromatic nitrogens is 3. The van der Waals surface area contributed by atoms with Gasteiger partial charge in [0.1, 0.15) is 0 Å². The average Bonchev–Trinajstić information content (AvgIpc) is 3.49. The van der Waals surface area contributed by atoms with Crippen LogP contribution >= 0.6 is 0 Å². The van der Waals surface area contributed by atoms with Crippen LogP contribution in [0.3, 0.4) is 0 Å². The van der Waals surface area contributed by atoms with Crippen molar-refractivity contribution >= 4 is 16.9 Å². The highest BCUT2D eigenvalue weighted by molar-refractivity contribution is 6.06. The van der Waals surface area contributed by atoms with Gasteiger partial charge in [-0.1, -0.05) is 43.3 Å². The summed E-state index contributed by atoms with van der Waals surface area (Å²) in [6, 6.07) is 16.8. The van der Waals surface area contributed by atoms with E-state index in [9.17, 15) is 4.79 Å². The number of piperidine rings is 1. The SMILES string of the molecule is CN1CCC(C)(C(=O)c2cnn3ccc(C4=CCc5ncc(-c6ccccc6)cc54)cc23)CC1. The quantitative estimate of drug-likeness (QED) is 0.398. The van der Waals surface area contributed by atoms with Crippen LogP contribution in [0.25, 0.3) is 22.2 Å². The van der Waals surface area contributed by atoms with Gasteiger partial charge in [-0.25, -0.2) is 4.52 Å². The molecule has 1 saturated heterocycles. The molecule has 5 nitrogen and oxygen atoms in total. The zero-order valence-electron chi connectivity index (χ0n) is 19.7. The highest BCUT2D eigenvalue weighted by atomic mass is 16.1. The van der Waals surface area contributed by atoms with Gasteiger partial charge in [0, 0.05) is 35.4 Å². The molecular formula is C29H28N4O. The fourth-order valence-corrected chi connectivity index (χ4v) is 5.25. The molecule has 0 unspecified atom stereocenters. The van der Waals surface area contributed by atoms with Crippen LogP contribution in [-0.2, 0) is 6.42 Å². The summed E-state index contributed by atoms with van der Waals surface area (Å²) in [4.78, 5) is 20.7. The minimum Gasteiger partial charge on any atom is -0.306 e. The van der Waals surface area contributed by atoms with E-state index in [1.165, 1.54) is 11.1 Å². The molecule has 0 saturated carbocycles. The first-order valence-corrected chi connectivity index (χ1v) is 12.0. The standard InChI is InChI=1S/C29H28N4O/c1-29(11-14-32(2)15-12-29)28(34)25-19-31-33-13-10-21(17-27(25)33)23-8-9-26-24(23)16-22(18-30-26)20-6-4-3-5-7-20/h3-8,10,13,16-19H,9,11-12,14-15H2,1-2H3. The fourth-order valence-electron chi connectivity index (χ4n) is 5.25. The molecule has 34 heavy (non-hydrogen) atoms. The zero-order valence-corrected chi connectivity index (χ0v) is 19.7. The molecule has 0 spiro atoms. The number of carbonyl (C=O) groups excluding carboxylic acids is 1. The average molecular weight is 449 g/mol. The van der Waals surface area contributed by atoms with Crippen molar-refractivity contribution in [1.82, 2.24) is 19.5 Å². The molecule has 0 bridgehead atoms. The molecule has 0 radical (unpaired) electrons. The van der Waals surface area contributed by atoms with Crippen molar-refractivity contribution < 1.29 is 4.79 Å². The number of hydrogen-bond acceptors (Lipinski definition) is 4. The molecule has 4 heterocycles. The van der Waals surface area contributed by atoms with Crippen molar-refractivity contribution in [1.29, 1.82) is 0 Å². The number of fused-ring (bicyclic) bond motifs is 2. The maximum atomic E-state index is 13.6. The minimum atomic E-state index is -0.334. The molecule has 0 N–H and O–H groups in total. The number of rotatable bonds is 4.